The highest BCUT2D eigenvalue weighted by atomic mass is 32.1. The maximum atomic E-state index is 13.0. The first-order valence-electron chi connectivity index (χ1n) is 10.5. The third-order valence-corrected chi connectivity index (χ3v) is 6.37. The maximum absolute atomic E-state index is 13.0. The van der Waals surface area contributed by atoms with Crippen molar-refractivity contribution in [2.45, 2.75) is 39.3 Å². The number of likely N-dealkylation sites (tertiary alicyclic amines) is 1. The number of amides is 2. The molecule has 0 saturated carbocycles. The minimum Gasteiger partial charge on any atom is -0.353 e. The highest BCUT2D eigenvalue weighted by molar-refractivity contribution is 7.15. The number of nitrogens with one attached hydrogen (secondary N) is 1. The number of imidazole rings is 1. The molecule has 29 heavy (non-hydrogen) atoms. The zero-order chi connectivity index (χ0) is 20.4. The molecule has 0 spiro atoms. The van der Waals surface area contributed by atoms with Gasteiger partial charge in [-0.05, 0) is 26.7 Å². The fourth-order valence-electron chi connectivity index (χ4n) is 4.11. The van der Waals surface area contributed by atoms with Crippen LogP contribution in [0.4, 0.5) is 0 Å². The average Bonchev–Trinajstić information content (AvgIpc) is 3.40. The molecular weight excluding hydrogens is 388 g/mol. The molecule has 2 aromatic heterocycles. The smallest absolute Gasteiger partial charge is 0.274 e. The van der Waals surface area contributed by atoms with Crippen LogP contribution in [0.2, 0.25) is 0 Å². The van der Waals surface area contributed by atoms with Crippen LogP contribution in [-0.4, -0.2) is 87.8 Å². The topological polar surface area (TPSA) is 73.2 Å². The SMILES string of the molecule is CC(C)NC(=O)CN1CCN(Cc2c(C(=O)N3CCCC3)nc3sccn23)CC1. The van der Waals surface area contributed by atoms with Gasteiger partial charge in [0, 0.05) is 63.4 Å². The molecule has 158 valence electrons. The Hall–Kier alpha value is -1.97. The van der Waals surface area contributed by atoms with E-state index >= 15 is 0 Å². The number of fused-ring (bicyclic) bond motifs is 1. The van der Waals surface area contributed by atoms with Gasteiger partial charge in [-0.3, -0.25) is 23.8 Å². The Morgan fingerprint density at radius 3 is 2.48 bits per heavy atom. The van der Waals surface area contributed by atoms with Gasteiger partial charge in [0.15, 0.2) is 10.7 Å². The molecule has 1 N–H and O–H groups in total. The van der Waals surface area contributed by atoms with Gasteiger partial charge >= 0.3 is 0 Å². The molecule has 2 aromatic rings. The molecule has 2 aliphatic heterocycles. The molecule has 0 aromatic carbocycles. The molecule has 9 heteroatoms. The highest BCUT2D eigenvalue weighted by Crippen LogP contribution is 2.22. The number of nitrogens with zero attached hydrogens (tertiary/aromatic N) is 5. The molecule has 0 aliphatic carbocycles. The molecule has 2 fully saturated rings. The van der Waals surface area contributed by atoms with Crippen LogP contribution in [0.1, 0.15) is 42.9 Å². The summed E-state index contributed by atoms with van der Waals surface area (Å²) in [5, 5.41) is 4.97. The van der Waals surface area contributed by atoms with Crippen molar-refractivity contribution in [1.29, 1.82) is 0 Å². The van der Waals surface area contributed by atoms with Gasteiger partial charge < -0.3 is 10.2 Å². The Kier molecular flexibility index (Phi) is 6.17. The second kappa shape index (κ2) is 8.81. The van der Waals surface area contributed by atoms with Gasteiger partial charge in [-0.1, -0.05) is 0 Å². The summed E-state index contributed by atoms with van der Waals surface area (Å²) in [5.41, 5.74) is 1.60. The second-order valence-electron chi connectivity index (χ2n) is 8.24. The van der Waals surface area contributed by atoms with Gasteiger partial charge in [0.05, 0.1) is 12.2 Å². The molecule has 0 unspecified atom stereocenters. The first-order valence-corrected chi connectivity index (χ1v) is 11.4. The van der Waals surface area contributed by atoms with Gasteiger partial charge in [-0.2, -0.15) is 0 Å². The molecule has 2 amide bonds. The van der Waals surface area contributed by atoms with E-state index < -0.39 is 0 Å². The van der Waals surface area contributed by atoms with Crippen molar-refractivity contribution in [2.75, 3.05) is 45.8 Å². The molecule has 0 atom stereocenters. The maximum Gasteiger partial charge on any atom is 0.274 e. The van der Waals surface area contributed by atoms with Crippen molar-refractivity contribution in [1.82, 2.24) is 29.4 Å². The van der Waals surface area contributed by atoms with Crippen LogP contribution < -0.4 is 5.32 Å². The normalized spacial score (nSPS) is 18.8. The number of carbonyl (C=O) groups is 2. The molecule has 2 saturated heterocycles. The van der Waals surface area contributed by atoms with E-state index in [-0.39, 0.29) is 17.9 Å². The van der Waals surface area contributed by atoms with Crippen molar-refractivity contribution in [3.63, 3.8) is 0 Å². The Morgan fingerprint density at radius 1 is 1.10 bits per heavy atom. The zero-order valence-electron chi connectivity index (χ0n) is 17.3. The van der Waals surface area contributed by atoms with Crippen molar-refractivity contribution in [3.05, 3.63) is 23.0 Å². The van der Waals surface area contributed by atoms with Crippen LogP contribution in [0.5, 0.6) is 0 Å². The number of hydrogen-bond donors (Lipinski definition) is 1. The first kappa shape index (κ1) is 20.3. The minimum atomic E-state index is 0.0670. The lowest BCUT2D eigenvalue weighted by atomic mass is 10.2. The molecule has 0 bridgehead atoms. The number of thiazole rings is 1. The Labute approximate surface area is 175 Å². The number of aromatic nitrogens is 2. The Morgan fingerprint density at radius 2 is 1.79 bits per heavy atom. The summed E-state index contributed by atoms with van der Waals surface area (Å²) >= 11 is 1.57. The first-order chi connectivity index (χ1) is 14.0. The van der Waals surface area contributed by atoms with Crippen molar-refractivity contribution in [3.8, 4) is 0 Å². The monoisotopic (exact) mass is 418 g/mol. The zero-order valence-corrected chi connectivity index (χ0v) is 18.1. The van der Waals surface area contributed by atoms with Crippen LogP contribution in [0.25, 0.3) is 4.96 Å². The van der Waals surface area contributed by atoms with Crippen molar-refractivity contribution >= 4 is 28.1 Å². The van der Waals surface area contributed by atoms with Gasteiger partial charge in [-0.25, -0.2) is 4.98 Å². The van der Waals surface area contributed by atoms with Gasteiger partial charge in [-0.15, -0.1) is 11.3 Å². The number of piperazine rings is 1. The van der Waals surface area contributed by atoms with Gasteiger partial charge in [0.2, 0.25) is 5.91 Å². The van der Waals surface area contributed by atoms with E-state index in [2.05, 4.69) is 24.5 Å². The summed E-state index contributed by atoms with van der Waals surface area (Å²) in [5.74, 6) is 0.153. The molecular formula is C20H30N6O2S. The van der Waals surface area contributed by atoms with E-state index in [9.17, 15) is 9.59 Å². The summed E-state index contributed by atoms with van der Waals surface area (Å²) in [6.07, 6.45) is 4.17. The summed E-state index contributed by atoms with van der Waals surface area (Å²) < 4.78 is 2.07. The van der Waals surface area contributed by atoms with E-state index in [1.807, 2.05) is 30.3 Å². The van der Waals surface area contributed by atoms with Crippen LogP contribution in [0, 0.1) is 0 Å². The van der Waals surface area contributed by atoms with Gasteiger partial charge in [0.1, 0.15) is 0 Å². The summed E-state index contributed by atoms with van der Waals surface area (Å²) in [7, 11) is 0. The quantitative estimate of drug-likeness (QED) is 0.765. The average molecular weight is 419 g/mol. The lowest BCUT2D eigenvalue weighted by Crippen LogP contribution is -2.49. The number of hydrogen-bond acceptors (Lipinski definition) is 6. The Bertz CT molecular complexity index is 862. The number of rotatable bonds is 6. The van der Waals surface area contributed by atoms with Crippen LogP contribution in [0.3, 0.4) is 0 Å². The fourth-order valence-corrected chi connectivity index (χ4v) is 4.85. The van der Waals surface area contributed by atoms with E-state index in [0.717, 1.165) is 62.8 Å². The fraction of sp³-hybridized carbons (Fsp3) is 0.650. The van der Waals surface area contributed by atoms with Crippen LogP contribution in [0.15, 0.2) is 11.6 Å². The molecule has 4 rings (SSSR count). The standard InChI is InChI=1S/C20H30N6O2S/c1-15(2)21-17(27)14-24-9-7-23(8-10-24)13-16-18(19(28)25-5-3-4-6-25)22-20-26(16)11-12-29-20/h11-12,15H,3-10,13-14H2,1-2H3,(H,21,27). The number of carbonyl (C=O) groups excluding carboxylic acids is 2. The highest BCUT2D eigenvalue weighted by Gasteiger charge is 2.28. The van der Waals surface area contributed by atoms with E-state index in [4.69, 9.17) is 0 Å². The summed E-state index contributed by atoms with van der Waals surface area (Å²) in [4.78, 5) is 37.1. The van der Waals surface area contributed by atoms with Gasteiger partial charge in [0.25, 0.3) is 5.91 Å². The van der Waals surface area contributed by atoms with E-state index in [1.165, 1.54) is 0 Å². The molecule has 0 radical (unpaired) electrons. The minimum absolute atomic E-state index is 0.0670. The largest absolute Gasteiger partial charge is 0.353 e. The predicted octanol–water partition coefficient (Wildman–Crippen LogP) is 1.27. The van der Waals surface area contributed by atoms with Crippen LogP contribution in [-0.2, 0) is 11.3 Å². The third kappa shape index (κ3) is 4.62. The van der Waals surface area contributed by atoms with Crippen molar-refractivity contribution < 1.29 is 9.59 Å². The second-order valence-corrected chi connectivity index (χ2v) is 9.11. The van der Waals surface area contributed by atoms with E-state index in [1.54, 1.807) is 11.3 Å². The van der Waals surface area contributed by atoms with E-state index in [0.29, 0.717) is 18.8 Å². The Balaban J connectivity index is 1.41. The van der Waals surface area contributed by atoms with Crippen LogP contribution >= 0.6 is 11.3 Å². The predicted molar refractivity (Wildman–Crippen MR) is 113 cm³/mol. The molecule has 8 nitrogen and oxygen atoms in total. The lowest BCUT2D eigenvalue weighted by Gasteiger charge is -2.34. The summed E-state index contributed by atoms with van der Waals surface area (Å²) in [6.45, 7) is 10.2. The summed E-state index contributed by atoms with van der Waals surface area (Å²) in [6, 6.07) is 0.172. The third-order valence-electron chi connectivity index (χ3n) is 5.61. The molecule has 4 heterocycles. The lowest BCUT2D eigenvalue weighted by molar-refractivity contribution is -0.123. The molecule has 2 aliphatic rings. The van der Waals surface area contributed by atoms with Crippen molar-refractivity contribution in [2.24, 2.45) is 0 Å².